The fraction of sp³-hybridized carbons (Fsp3) is 0.308. The van der Waals surface area contributed by atoms with Gasteiger partial charge in [-0.25, -0.2) is 13.5 Å². The molecule has 1 heterocycles. The molecule has 2 N–H and O–H groups in total. The summed E-state index contributed by atoms with van der Waals surface area (Å²) in [6.45, 7) is 5.06. The number of rotatable bonds is 2. The van der Waals surface area contributed by atoms with E-state index in [9.17, 15) is 8.78 Å². The number of hydrogen-bond acceptors (Lipinski definition) is 2. The van der Waals surface area contributed by atoms with Crippen LogP contribution in [0.25, 0.3) is 0 Å². The highest BCUT2D eigenvalue weighted by atomic mass is 19.1. The van der Waals surface area contributed by atoms with Crippen molar-refractivity contribution in [3.8, 4) is 0 Å². The lowest BCUT2D eigenvalue weighted by atomic mass is 10.1. The molecule has 0 saturated carbocycles. The highest BCUT2D eigenvalue weighted by molar-refractivity contribution is 5.34. The zero-order valence-electron chi connectivity index (χ0n) is 10.5. The number of benzene rings is 1. The monoisotopic (exact) mass is 251 g/mol. The molecule has 5 heteroatoms. The minimum absolute atomic E-state index is 0.243. The van der Waals surface area contributed by atoms with E-state index in [1.165, 1.54) is 23.7 Å². The Morgan fingerprint density at radius 1 is 1.17 bits per heavy atom. The third kappa shape index (κ3) is 2.08. The second-order valence-electron chi connectivity index (χ2n) is 4.45. The molecule has 0 amide bonds. The van der Waals surface area contributed by atoms with E-state index in [0.717, 1.165) is 5.69 Å². The predicted molar refractivity (Wildman–Crippen MR) is 66.3 cm³/mol. The standard InChI is InChI=1S/C13H15F2N3/c1-7-4-12(15)10(6-11(7)14)9(3)18-13(16)5-8(2)17-18/h4-6,9H,16H2,1-3H3. The van der Waals surface area contributed by atoms with E-state index >= 15 is 0 Å². The van der Waals surface area contributed by atoms with Crippen LogP contribution in [0, 0.1) is 25.5 Å². The van der Waals surface area contributed by atoms with Crippen molar-refractivity contribution in [2.75, 3.05) is 5.73 Å². The number of aromatic nitrogens is 2. The number of hydrogen-bond donors (Lipinski definition) is 1. The van der Waals surface area contributed by atoms with Gasteiger partial charge in [0.15, 0.2) is 0 Å². The molecule has 2 aromatic rings. The number of nitrogen functional groups attached to an aromatic ring is 1. The van der Waals surface area contributed by atoms with Crippen molar-refractivity contribution < 1.29 is 8.78 Å². The highest BCUT2D eigenvalue weighted by Gasteiger charge is 2.18. The van der Waals surface area contributed by atoms with Crippen LogP contribution in [0.15, 0.2) is 18.2 Å². The van der Waals surface area contributed by atoms with Gasteiger partial charge in [0.1, 0.15) is 17.5 Å². The van der Waals surface area contributed by atoms with Gasteiger partial charge in [0.25, 0.3) is 0 Å². The van der Waals surface area contributed by atoms with Gasteiger partial charge >= 0.3 is 0 Å². The van der Waals surface area contributed by atoms with Gasteiger partial charge in [0.05, 0.1) is 11.7 Å². The van der Waals surface area contributed by atoms with Crippen LogP contribution in [0.2, 0.25) is 0 Å². The fourth-order valence-electron chi connectivity index (χ4n) is 1.96. The molecule has 0 aliphatic carbocycles. The Hall–Kier alpha value is -1.91. The Balaban J connectivity index is 2.49. The fourth-order valence-corrected chi connectivity index (χ4v) is 1.96. The quantitative estimate of drug-likeness (QED) is 0.891. The van der Waals surface area contributed by atoms with E-state index in [1.807, 2.05) is 0 Å². The average molecular weight is 251 g/mol. The van der Waals surface area contributed by atoms with Crippen LogP contribution in [0.3, 0.4) is 0 Å². The zero-order chi connectivity index (χ0) is 13.4. The van der Waals surface area contributed by atoms with Gasteiger partial charge in [-0.15, -0.1) is 0 Å². The molecule has 0 aliphatic heterocycles. The maximum absolute atomic E-state index is 13.9. The molecule has 1 aromatic carbocycles. The van der Waals surface area contributed by atoms with Gasteiger partial charge in [-0.2, -0.15) is 5.10 Å². The Labute approximate surface area is 104 Å². The van der Waals surface area contributed by atoms with E-state index in [4.69, 9.17) is 5.73 Å². The molecule has 96 valence electrons. The molecule has 0 radical (unpaired) electrons. The maximum atomic E-state index is 13.9. The van der Waals surface area contributed by atoms with E-state index in [0.29, 0.717) is 5.82 Å². The summed E-state index contributed by atoms with van der Waals surface area (Å²) in [5, 5.41) is 4.18. The second-order valence-corrected chi connectivity index (χ2v) is 4.45. The van der Waals surface area contributed by atoms with Gasteiger partial charge in [-0.1, -0.05) is 0 Å². The van der Waals surface area contributed by atoms with E-state index in [2.05, 4.69) is 5.10 Å². The second kappa shape index (κ2) is 4.40. The molecule has 18 heavy (non-hydrogen) atoms. The van der Waals surface area contributed by atoms with Crippen LogP contribution < -0.4 is 5.73 Å². The predicted octanol–water partition coefficient (Wildman–Crippen LogP) is 2.97. The molecular weight excluding hydrogens is 236 g/mol. The van der Waals surface area contributed by atoms with Crippen LogP contribution in [0.4, 0.5) is 14.6 Å². The van der Waals surface area contributed by atoms with Crippen molar-refractivity contribution >= 4 is 5.82 Å². The molecule has 0 saturated heterocycles. The third-order valence-corrected chi connectivity index (χ3v) is 2.98. The molecule has 1 atom stereocenters. The first-order valence-electron chi connectivity index (χ1n) is 5.67. The van der Waals surface area contributed by atoms with Crippen molar-refractivity contribution in [1.82, 2.24) is 9.78 Å². The number of nitrogens with two attached hydrogens (primary N) is 1. The number of nitrogens with zero attached hydrogens (tertiary/aromatic N) is 2. The number of aryl methyl sites for hydroxylation is 2. The normalized spacial score (nSPS) is 12.7. The molecule has 1 aromatic heterocycles. The first-order chi connectivity index (χ1) is 8.40. The zero-order valence-corrected chi connectivity index (χ0v) is 10.5. The lowest BCUT2D eigenvalue weighted by molar-refractivity contribution is 0.513. The lowest BCUT2D eigenvalue weighted by Crippen LogP contribution is -2.13. The van der Waals surface area contributed by atoms with Crippen molar-refractivity contribution in [2.45, 2.75) is 26.8 Å². The molecule has 0 aliphatic rings. The Bertz CT molecular complexity index is 590. The maximum Gasteiger partial charge on any atom is 0.129 e. The third-order valence-electron chi connectivity index (χ3n) is 2.98. The minimum atomic E-state index is -0.450. The van der Waals surface area contributed by atoms with Gasteiger partial charge < -0.3 is 5.73 Å². The Morgan fingerprint density at radius 2 is 1.83 bits per heavy atom. The Morgan fingerprint density at radius 3 is 2.39 bits per heavy atom. The smallest absolute Gasteiger partial charge is 0.129 e. The summed E-state index contributed by atoms with van der Waals surface area (Å²) in [6, 6.07) is 3.63. The highest BCUT2D eigenvalue weighted by Crippen LogP contribution is 2.25. The number of halogens is 2. The first kappa shape index (κ1) is 12.5. The van der Waals surface area contributed by atoms with Crippen LogP contribution in [0.1, 0.15) is 29.8 Å². The molecule has 3 nitrogen and oxygen atoms in total. The summed E-state index contributed by atoms with van der Waals surface area (Å²) in [6.07, 6.45) is 0. The molecular formula is C13H15F2N3. The summed E-state index contributed by atoms with van der Waals surface area (Å²) in [5.74, 6) is -0.449. The molecule has 1 unspecified atom stereocenters. The van der Waals surface area contributed by atoms with Crippen LogP contribution in [0.5, 0.6) is 0 Å². The first-order valence-corrected chi connectivity index (χ1v) is 5.67. The Kier molecular flexibility index (Phi) is 3.07. The van der Waals surface area contributed by atoms with Crippen LogP contribution in [-0.2, 0) is 0 Å². The van der Waals surface area contributed by atoms with E-state index in [-0.39, 0.29) is 11.1 Å². The number of anilines is 1. The average Bonchev–Trinajstić information content (AvgIpc) is 2.62. The SMILES string of the molecule is Cc1cc(N)n(C(C)c2cc(F)c(C)cc2F)n1. The summed E-state index contributed by atoms with van der Waals surface area (Å²) in [5.41, 5.74) is 7.05. The summed E-state index contributed by atoms with van der Waals surface area (Å²) in [7, 11) is 0. The van der Waals surface area contributed by atoms with Crippen LogP contribution in [-0.4, -0.2) is 9.78 Å². The van der Waals surface area contributed by atoms with Crippen molar-refractivity contribution in [1.29, 1.82) is 0 Å². The van der Waals surface area contributed by atoms with E-state index in [1.54, 1.807) is 19.9 Å². The molecule has 0 spiro atoms. The molecule has 2 rings (SSSR count). The van der Waals surface area contributed by atoms with Crippen molar-refractivity contribution in [3.05, 3.63) is 46.7 Å². The van der Waals surface area contributed by atoms with E-state index < -0.39 is 17.7 Å². The van der Waals surface area contributed by atoms with Crippen molar-refractivity contribution in [3.63, 3.8) is 0 Å². The minimum Gasteiger partial charge on any atom is -0.384 e. The largest absolute Gasteiger partial charge is 0.384 e. The topological polar surface area (TPSA) is 43.8 Å². The lowest BCUT2D eigenvalue weighted by Gasteiger charge is -2.16. The summed E-state index contributed by atoms with van der Waals surface area (Å²) >= 11 is 0. The van der Waals surface area contributed by atoms with Gasteiger partial charge in [-0.3, -0.25) is 0 Å². The van der Waals surface area contributed by atoms with Crippen LogP contribution >= 0.6 is 0 Å². The molecule has 0 bridgehead atoms. The van der Waals surface area contributed by atoms with Gasteiger partial charge in [0.2, 0.25) is 0 Å². The van der Waals surface area contributed by atoms with Gasteiger partial charge in [-0.05, 0) is 38.5 Å². The summed E-state index contributed by atoms with van der Waals surface area (Å²) in [4.78, 5) is 0. The summed E-state index contributed by atoms with van der Waals surface area (Å²) < 4.78 is 28.9. The van der Waals surface area contributed by atoms with Crippen molar-refractivity contribution in [2.24, 2.45) is 0 Å². The van der Waals surface area contributed by atoms with Gasteiger partial charge in [0, 0.05) is 11.6 Å². The molecule has 0 fully saturated rings.